The molecule has 100 valence electrons. The Morgan fingerprint density at radius 3 is 2.65 bits per heavy atom. The number of halogens is 1. The summed E-state index contributed by atoms with van der Waals surface area (Å²) in [5.41, 5.74) is 7.63. The fourth-order valence-corrected chi connectivity index (χ4v) is 1.52. The second kappa shape index (κ2) is 4.84. The Morgan fingerprint density at radius 1 is 1.00 bits per heavy atom. The maximum absolute atomic E-state index is 12.4. The fourth-order valence-electron chi connectivity index (χ4n) is 1.52. The van der Waals surface area contributed by atoms with E-state index in [-0.39, 0.29) is 11.5 Å². The molecule has 0 aromatic carbocycles. The largest absolute Gasteiger partial charge is 0.382 e. The molecule has 0 saturated carbocycles. The van der Waals surface area contributed by atoms with E-state index >= 15 is 0 Å². The van der Waals surface area contributed by atoms with Crippen LogP contribution < -0.4 is 5.73 Å². The van der Waals surface area contributed by atoms with Crippen LogP contribution in [0.25, 0.3) is 22.3 Å². The van der Waals surface area contributed by atoms with E-state index in [1.165, 1.54) is 12.7 Å². The van der Waals surface area contributed by atoms with Crippen molar-refractivity contribution in [3.05, 3.63) is 31.3 Å². The van der Waals surface area contributed by atoms with Crippen LogP contribution in [-0.4, -0.2) is 39.9 Å². The van der Waals surface area contributed by atoms with Crippen molar-refractivity contribution in [2.45, 2.75) is 0 Å². The number of nitrogens with one attached hydrogen (secondary N) is 2. The normalized spacial score (nSPS) is 10.4. The number of hydrogen-bond donors (Lipinski definition) is 3. The molecule has 0 radical (unpaired) electrons. The van der Waals surface area contributed by atoms with Crippen LogP contribution >= 0.6 is 0 Å². The zero-order valence-corrected chi connectivity index (χ0v) is 9.95. The van der Waals surface area contributed by atoms with Crippen LogP contribution in [0, 0.1) is 6.08 Å². The van der Waals surface area contributed by atoms with Gasteiger partial charge in [0, 0.05) is 0 Å². The lowest BCUT2D eigenvalue weighted by molar-refractivity contribution is 0.546. The number of hydrogen-bond acceptors (Lipinski definition) is 7. The number of anilines is 1. The fraction of sp³-hybridized carbons (Fsp3) is 0. The molecular weight excluding hydrogens is 265 g/mol. The van der Waals surface area contributed by atoms with E-state index in [9.17, 15) is 4.39 Å². The van der Waals surface area contributed by atoms with Crippen LogP contribution in [-0.2, 0) is 0 Å². The van der Waals surface area contributed by atoms with Gasteiger partial charge in [-0.15, -0.1) is 0 Å². The number of nitrogens with two attached hydrogens (primary N) is 1. The lowest BCUT2D eigenvalue weighted by Crippen LogP contribution is -1.97. The Labute approximate surface area is 110 Å². The average molecular weight is 273 g/mol. The van der Waals surface area contributed by atoms with Gasteiger partial charge in [0.25, 0.3) is 0 Å². The third kappa shape index (κ3) is 2.21. The minimum absolute atomic E-state index is 0.0741. The molecule has 0 aliphatic rings. The monoisotopic (exact) mass is 273 g/mol. The van der Waals surface area contributed by atoms with Crippen molar-refractivity contribution < 1.29 is 4.39 Å². The second-order valence-corrected chi connectivity index (χ2v) is 3.64. The minimum atomic E-state index is -0.859. The number of aromatic nitrogens is 8. The highest BCUT2D eigenvalue weighted by atomic mass is 19.1. The first-order valence-corrected chi connectivity index (χ1v) is 5.45. The van der Waals surface area contributed by atoms with E-state index in [0.717, 1.165) is 5.52 Å². The first-order chi connectivity index (χ1) is 9.74. The number of imidazole rings is 2. The van der Waals surface area contributed by atoms with E-state index in [2.05, 4.69) is 39.9 Å². The zero-order valence-electron chi connectivity index (χ0n) is 9.95. The lowest BCUT2D eigenvalue weighted by atomic mass is 10.5. The summed E-state index contributed by atoms with van der Waals surface area (Å²) >= 11 is 0. The summed E-state index contributed by atoms with van der Waals surface area (Å²) < 4.78 is 12.4. The number of fused-ring (bicyclic) bond motifs is 2. The van der Waals surface area contributed by atoms with E-state index in [1.807, 2.05) is 0 Å². The smallest absolute Gasteiger partial charge is 0.312 e. The highest BCUT2D eigenvalue weighted by Crippen LogP contribution is 2.11. The third-order valence-electron chi connectivity index (χ3n) is 2.38. The Morgan fingerprint density at radius 2 is 1.80 bits per heavy atom. The van der Waals surface area contributed by atoms with Gasteiger partial charge in [-0.25, -0.2) is 19.9 Å². The molecule has 20 heavy (non-hydrogen) atoms. The van der Waals surface area contributed by atoms with Crippen molar-refractivity contribution in [3.8, 4) is 0 Å². The molecule has 0 atom stereocenters. The Hall–Kier alpha value is -3.17. The van der Waals surface area contributed by atoms with Crippen LogP contribution in [0.1, 0.15) is 0 Å². The number of rotatable bonds is 0. The van der Waals surface area contributed by atoms with E-state index < -0.39 is 6.08 Å². The minimum Gasteiger partial charge on any atom is -0.382 e. The SMILES string of the molecule is Nc1nc(F)nc2nc[nH]c12.c1ncc2[nH]cnc2n1. The van der Waals surface area contributed by atoms with E-state index in [1.54, 1.807) is 12.5 Å². The van der Waals surface area contributed by atoms with Crippen molar-refractivity contribution in [3.63, 3.8) is 0 Å². The number of aromatic amines is 2. The zero-order chi connectivity index (χ0) is 13.9. The molecule has 4 rings (SSSR count). The van der Waals surface area contributed by atoms with Gasteiger partial charge in [-0.05, 0) is 0 Å². The molecule has 0 unspecified atom stereocenters. The molecule has 0 aliphatic heterocycles. The molecule has 4 aromatic rings. The molecular formula is C10H8FN9. The molecule has 4 N–H and O–H groups in total. The van der Waals surface area contributed by atoms with Crippen LogP contribution in [0.3, 0.4) is 0 Å². The third-order valence-corrected chi connectivity index (χ3v) is 2.38. The molecule has 0 spiro atoms. The molecule has 0 bridgehead atoms. The Balaban J connectivity index is 0.000000123. The van der Waals surface area contributed by atoms with Gasteiger partial charge in [0.1, 0.15) is 17.4 Å². The molecule has 0 saturated heterocycles. The number of nitrogens with zero attached hydrogens (tertiary/aromatic N) is 6. The standard InChI is InChI=1S/C5H4FN5.C5H4N4/c6-5-10-3(7)2-4(11-5)9-1-8-2;1-4-5(8-2-6-1)9-3-7-4/h1H,(H3,7,8,9,10,11);1-3H,(H,6,7,8,9). The lowest BCUT2D eigenvalue weighted by Gasteiger charge is -1.91. The molecule has 0 amide bonds. The van der Waals surface area contributed by atoms with Gasteiger partial charge in [0.2, 0.25) is 0 Å². The molecule has 4 heterocycles. The van der Waals surface area contributed by atoms with Gasteiger partial charge in [-0.2, -0.15) is 14.4 Å². The number of H-pyrrole nitrogens is 2. The van der Waals surface area contributed by atoms with Crippen molar-refractivity contribution in [2.24, 2.45) is 0 Å². The first kappa shape index (κ1) is 11.9. The van der Waals surface area contributed by atoms with Gasteiger partial charge < -0.3 is 15.7 Å². The summed E-state index contributed by atoms with van der Waals surface area (Å²) in [4.78, 5) is 27.6. The van der Waals surface area contributed by atoms with Gasteiger partial charge in [-0.1, -0.05) is 0 Å². The van der Waals surface area contributed by atoms with Crippen molar-refractivity contribution >= 4 is 28.1 Å². The van der Waals surface area contributed by atoms with Crippen molar-refractivity contribution in [2.75, 3.05) is 5.73 Å². The van der Waals surface area contributed by atoms with Gasteiger partial charge in [0.15, 0.2) is 17.1 Å². The molecule has 0 fully saturated rings. The molecule has 10 heteroatoms. The van der Waals surface area contributed by atoms with E-state index in [0.29, 0.717) is 11.2 Å². The Kier molecular flexibility index (Phi) is 2.88. The molecule has 9 nitrogen and oxygen atoms in total. The van der Waals surface area contributed by atoms with E-state index in [4.69, 9.17) is 5.73 Å². The topological polar surface area (TPSA) is 135 Å². The summed E-state index contributed by atoms with van der Waals surface area (Å²) in [6, 6.07) is 0. The highest BCUT2D eigenvalue weighted by Gasteiger charge is 2.05. The highest BCUT2D eigenvalue weighted by molar-refractivity contribution is 5.80. The van der Waals surface area contributed by atoms with Crippen molar-refractivity contribution in [1.82, 2.24) is 39.9 Å². The predicted molar refractivity (Wildman–Crippen MR) is 67.7 cm³/mol. The number of nitrogen functional groups attached to an aromatic ring is 1. The quantitative estimate of drug-likeness (QED) is 0.395. The summed E-state index contributed by atoms with van der Waals surface area (Å²) in [5.74, 6) is 0.0741. The van der Waals surface area contributed by atoms with Crippen LogP contribution in [0.4, 0.5) is 10.2 Å². The summed E-state index contributed by atoms with van der Waals surface area (Å²) in [6.07, 6.45) is 5.29. The van der Waals surface area contributed by atoms with Crippen LogP contribution in [0.5, 0.6) is 0 Å². The first-order valence-electron chi connectivity index (χ1n) is 5.45. The predicted octanol–water partition coefficient (Wildman–Crippen LogP) is 0.427. The van der Waals surface area contributed by atoms with Gasteiger partial charge in [0.05, 0.1) is 18.9 Å². The van der Waals surface area contributed by atoms with Crippen LogP contribution in [0.2, 0.25) is 0 Å². The average Bonchev–Trinajstić information content (AvgIpc) is 3.06. The molecule has 0 aliphatic carbocycles. The maximum Gasteiger partial charge on any atom is 0.312 e. The summed E-state index contributed by atoms with van der Waals surface area (Å²) in [6.45, 7) is 0. The van der Waals surface area contributed by atoms with Gasteiger partial charge in [-0.3, -0.25) is 0 Å². The van der Waals surface area contributed by atoms with Gasteiger partial charge >= 0.3 is 6.08 Å². The van der Waals surface area contributed by atoms with Crippen LogP contribution in [0.15, 0.2) is 25.2 Å². The summed E-state index contributed by atoms with van der Waals surface area (Å²) in [5, 5.41) is 0. The maximum atomic E-state index is 12.4. The second-order valence-electron chi connectivity index (χ2n) is 3.64. The summed E-state index contributed by atoms with van der Waals surface area (Å²) in [7, 11) is 0. The molecule has 4 aromatic heterocycles. The van der Waals surface area contributed by atoms with Crippen molar-refractivity contribution in [1.29, 1.82) is 0 Å². The Bertz CT molecular complexity index is 822.